The highest BCUT2D eigenvalue weighted by molar-refractivity contribution is 8.14. The van der Waals surface area contributed by atoms with Crippen LogP contribution in [0.4, 0.5) is 0 Å². The van der Waals surface area contributed by atoms with Gasteiger partial charge >= 0.3 is 0 Å². The SMILES string of the molecule is COc1ccccc1CN=C(N)SCCSc1cc(Cl)ccc1Cl. The summed E-state index contributed by atoms with van der Waals surface area (Å²) in [5.74, 6) is 2.54. The minimum absolute atomic E-state index is 0.510. The van der Waals surface area contributed by atoms with Crippen LogP contribution in [0.15, 0.2) is 52.4 Å². The van der Waals surface area contributed by atoms with Crippen LogP contribution in [0.3, 0.4) is 0 Å². The molecule has 0 spiro atoms. The van der Waals surface area contributed by atoms with Crippen molar-refractivity contribution in [2.75, 3.05) is 18.6 Å². The third-order valence-corrected chi connectivity index (χ3v) is 5.91. The highest BCUT2D eigenvalue weighted by Crippen LogP contribution is 2.30. The zero-order valence-electron chi connectivity index (χ0n) is 13.2. The lowest BCUT2D eigenvalue weighted by Gasteiger charge is -2.07. The molecule has 24 heavy (non-hydrogen) atoms. The van der Waals surface area contributed by atoms with Gasteiger partial charge in [0.25, 0.3) is 0 Å². The molecule has 0 aromatic heterocycles. The van der Waals surface area contributed by atoms with Crippen molar-refractivity contribution in [3.05, 3.63) is 58.1 Å². The van der Waals surface area contributed by atoms with Gasteiger partial charge in [-0.25, -0.2) is 0 Å². The molecule has 0 aliphatic carbocycles. The van der Waals surface area contributed by atoms with Gasteiger partial charge in [0.15, 0.2) is 5.17 Å². The Kier molecular flexibility index (Phi) is 8.12. The van der Waals surface area contributed by atoms with Crippen molar-refractivity contribution in [2.45, 2.75) is 11.4 Å². The number of thioether (sulfide) groups is 2. The monoisotopic (exact) mass is 400 g/mol. The van der Waals surface area contributed by atoms with E-state index in [1.54, 1.807) is 24.9 Å². The van der Waals surface area contributed by atoms with Crippen LogP contribution in [0.25, 0.3) is 0 Å². The van der Waals surface area contributed by atoms with Crippen LogP contribution < -0.4 is 10.5 Å². The second kappa shape index (κ2) is 10.1. The van der Waals surface area contributed by atoms with Crippen LogP contribution in [-0.4, -0.2) is 23.8 Å². The molecule has 2 N–H and O–H groups in total. The van der Waals surface area contributed by atoms with Crippen molar-refractivity contribution >= 4 is 51.9 Å². The predicted molar refractivity (Wildman–Crippen MR) is 108 cm³/mol. The van der Waals surface area contributed by atoms with Gasteiger partial charge in [0, 0.05) is 27.0 Å². The van der Waals surface area contributed by atoms with Gasteiger partial charge in [0.1, 0.15) is 5.75 Å². The van der Waals surface area contributed by atoms with Gasteiger partial charge < -0.3 is 10.5 Å². The van der Waals surface area contributed by atoms with E-state index >= 15 is 0 Å². The first kappa shape index (κ1) is 19.3. The normalized spacial score (nSPS) is 11.5. The van der Waals surface area contributed by atoms with E-state index in [4.69, 9.17) is 33.7 Å². The molecule has 0 amide bonds. The zero-order valence-corrected chi connectivity index (χ0v) is 16.3. The fourth-order valence-corrected chi connectivity index (χ4v) is 4.11. The summed E-state index contributed by atoms with van der Waals surface area (Å²) in [4.78, 5) is 5.38. The van der Waals surface area contributed by atoms with Gasteiger partial charge in [-0.3, -0.25) is 4.99 Å². The van der Waals surface area contributed by atoms with E-state index in [1.807, 2.05) is 36.4 Å². The molecule has 0 aliphatic heterocycles. The maximum absolute atomic E-state index is 6.14. The summed E-state index contributed by atoms with van der Waals surface area (Å²) in [6.07, 6.45) is 0. The third kappa shape index (κ3) is 6.13. The Morgan fingerprint density at radius 1 is 1.17 bits per heavy atom. The van der Waals surface area contributed by atoms with Crippen LogP contribution in [0.5, 0.6) is 5.75 Å². The van der Waals surface area contributed by atoms with Gasteiger partial charge in [-0.05, 0) is 24.3 Å². The van der Waals surface area contributed by atoms with Crippen molar-refractivity contribution in [3.8, 4) is 5.75 Å². The number of para-hydroxylation sites is 1. The Labute approximate surface area is 161 Å². The molecule has 7 heteroatoms. The maximum Gasteiger partial charge on any atom is 0.154 e. The molecule has 0 bridgehead atoms. The van der Waals surface area contributed by atoms with E-state index in [1.165, 1.54) is 11.8 Å². The van der Waals surface area contributed by atoms with Crippen LogP contribution in [0.1, 0.15) is 5.56 Å². The van der Waals surface area contributed by atoms with Gasteiger partial charge in [0.05, 0.1) is 18.7 Å². The quantitative estimate of drug-likeness (QED) is 0.294. The molecule has 0 unspecified atom stereocenters. The lowest BCUT2D eigenvalue weighted by molar-refractivity contribution is 0.410. The summed E-state index contributed by atoms with van der Waals surface area (Å²) in [6, 6.07) is 13.3. The Morgan fingerprint density at radius 3 is 2.75 bits per heavy atom. The number of hydrogen-bond acceptors (Lipinski definition) is 4. The minimum Gasteiger partial charge on any atom is -0.496 e. The average Bonchev–Trinajstić information content (AvgIpc) is 2.60. The number of benzene rings is 2. The summed E-state index contributed by atoms with van der Waals surface area (Å²) in [7, 11) is 1.65. The number of nitrogens with zero attached hydrogens (tertiary/aromatic N) is 1. The molecule has 2 aromatic rings. The fourth-order valence-electron chi connectivity index (χ4n) is 1.93. The Bertz CT molecular complexity index is 711. The fraction of sp³-hybridized carbons (Fsp3) is 0.235. The molecule has 0 heterocycles. The standard InChI is InChI=1S/C17H18Cl2N2OS2/c1-22-15-5-3-2-4-12(15)11-21-17(20)24-9-8-23-16-10-13(18)6-7-14(16)19/h2-7,10H,8-9,11H2,1H3,(H2,20,21). The number of ether oxygens (including phenoxy) is 1. The number of methoxy groups -OCH3 is 1. The number of rotatable bonds is 7. The highest BCUT2D eigenvalue weighted by atomic mass is 35.5. The zero-order chi connectivity index (χ0) is 17.4. The second-order valence-electron chi connectivity index (χ2n) is 4.74. The molecule has 0 saturated carbocycles. The van der Waals surface area contributed by atoms with E-state index in [2.05, 4.69) is 4.99 Å². The van der Waals surface area contributed by atoms with E-state index in [9.17, 15) is 0 Å². The molecule has 128 valence electrons. The van der Waals surface area contributed by atoms with Crippen molar-refractivity contribution in [2.24, 2.45) is 10.7 Å². The largest absolute Gasteiger partial charge is 0.496 e. The topological polar surface area (TPSA) is 47.6 Å². The van der Waals surface area contributed by atoms with E-state index in [-0.39, 0.29) is 0 Å². The molecule has 0 fully saturated rings. The van der Waals surface area contributed by atoms with Crippen LogP contribution in [-0.2, 0) is 6.54 Å². The summed E-state index contributed by atoms with van der Waals surface area (Å²) in [6.45, 7) is 0.510. The van der Waals surface area contributed by atoms with E-state index in [0.29, 0.717) is 21.8 Å². The van der Waals surface area contributed by atoms with E-state index < -0.39 is 0 Å². The average molecular weight is 401 g/mol. The highest BCUT2D eigenvalue weighted by Gasteiger charge is 2.04. The number of amidine groups is 1. The van der Waals surface area contributed by atoms with Crippen molar-refractivity contribution in [1.82, 2.24) is 0 Å². The first-order valence-electron chi connectivity index (χ1n) is 7.22. The van der Waals surface area contributed by atoms with Gasteiger partial charge in [-0.2, -0.15) is 0 Å². The molecule has 2 aromatic carbocycles. The van der Waals surface area contributed by atoms with Crippen molar-refractivity contribution < 1.29 is 4.74 Å². The molecule has 0 aliphatic rings. The summed E-state index contributed by atoms with van der Waals surface area (Å²) >= 11 is 15.3. The first-order chi connectivity index (χ1) is 11.6. The lowest BCUT2D eigenvalue weighted by Crippen LogP contribution is -2.08. The molecule has 2 rings (SSSR count). The van der Waals surface area contributed by atoms with Crippen LogP contribution in [0.2, 0.25) is 10.0 Å². The molecular weight excluding hydrogens is 383 g/mol. The van der Waals surface area contributed by atoms with Crippen LogP contribution >= 0.6 is 46.7 Å². The molecule has 0 saturated heterocycles. The van der Waals surface area contributed by atoms with Gasteiger partial charge in [-0.1, -0.05) is 53.2 Å². The predicted octanol–water partition coefficient (Wildman–Crippen LogP) is 5.34. The number of aliphatic imine (C=N–C) groups is 1. The second-order valence-corrected chi connectivity index (χ2v) is 7.83. The van der Waals surface area contributed by atoms with Crippen LogP contribution in [0, 0.1) is 0 Å². The molecule has 3 nitrogen and oxygen atoms in total. The Morgan fingerprint density at radius 2 is 1.96 bits per heavy atom. The lowest BCUT2D eigenvalue weighted by atomic mass is 10.2. The molecular formula is C17H18Cl2N2OS2. The first-order valence-corrected chi connectivity index (χ1v) is 9.95. The van der Waals surface area contributed by atoms with Gasteiger partial charge in [0.2, 0.25) is 0 Å². The van der Waals surface area contributed by atoms with Crippen molar-refractivity contribution in [3.63, 3.8) is 0 Å². The summed E-state index contributed by atoms with van der Waals surface area (Å²) in [5, 5.41) is 1.97. The number of halogens is 2. The molecule has 0 radical (unpaired) electrons. The Hall–Kier alpha value is -1.01. The number of hydrogen-bond donors (Lipinski definition) is 1. The van der Waals surface area contributed by atoms with Crippen molar-refractivity contribution in [1.29, 1.82) is 0 Å². The maximum atomic E-state index is 6.14. The smallest absolute Gasteiger partial charge is 0.154 e. The minimum atomic E-state index is 0.510. The van der Waals surface area contributed by atoms with E-state index in [0.717, 1.165) is 27.7 Å². The summed E-state index contributed by atoms with van der Waals surface area (Å²) < 4.78 is 5.30. The third-order valence-electron chi connectivity index (χ3n) is 3.08. The summed E-state index contributed by atoms with van der Waals surface area (Å²) in [5.41, 5.74) is 6.98. The van der Waals surface area contributed by atoms with Gasteiger partial charge in [-0.15, -0.1) is 11.8 Å². The Balaban J connectivity index is 1.78. The molecule has 0 atom stereocenters. The number of nitrogens with two attached hydrogens (primary N) is 1.